The highest BCUT2D eigenvalue weighted by Gasteiger charge is 2.23. The minimum absolute atomic E-state index is 0.128. The van der Waals surface area contributed by atoms with Gasteiger partial charge in [0.2, 0.25) is 0 Å². The zero-order chi connectivity index (χ0) is 12.8. The quantitative estimate of drug-likeness (QED) is 0.764. The lowest BCUT2D eigenvalue weighted by Gasteiger charge is -2.12. The first kappa shape index (κ1) is 12.0. The van der Waals surface area contributed by atoms with E-state index in [2.05, 4.69) is 15.1 Å². The third kappa shape index (κ3) is 2.28. The van der Waals surface area contributed by atoms with Crippen LogP contribution >= 0.6 is 0 Å². The summed E-state index contributed by atoms with van der Waals surface area (Å²) < 4.78 is 15.3. The van der Waals surface area contributed by atoms with Crippen molar-refractivity contribution < 1.29 is 4.39 Å². The second kappa shape index (κ2) is 3.48. The second-order valence-corrected chi connectivity index (χ2v) is 5.73. The van der Waals surface area contributed by atoms with Gasteiger partial charge in [-0.1, -0.05) is 20.8 Å². The highest BCUT2D eigenvalue weighted by molar-refractivity contribution is 5.39. The first-order chi connectivity index (χ1) is 7.68. The maximum Gasteiger partial charge on any atom is 0.159 e. The molecule has 5 heteroatoms. The fourth-order valence-electron chi connectivity index (χ4n) is 1.44. The van der Waals surface area contributed by atoms with Gasteiger partial charge in [-0.2, -0.15) is 0 Å². The Balaban J connectivity index is 2.56. The van der Waals surface area contributed by atoms with Crippen LogP contribution in [0.3, 0.4) is 0 Å². The van der Waals surface area contributed by atoms with Gasteiger partial charge in [0.25, 0.3) is 0 Å². The summed E-state index contributed by atoms with van der Waals surface area (Å²) >= 11 is 0. The molecule has 2 rings (SSSR count). The lowest BCUT2D eigenvalue weighted by Crippen LogP contribution is -2.13. The number of alkyl halides is 1. The smallest absolute Gasteiger partial charge is 0.159 e. The van der Waals surface area contributed by atoms with Crippen LogP contribution < -0.4 is 0 Å². The number of aromatic nitrogens is 4. The molecule has 0 aliphatic carbocycles. The van der Waals surface area contributed by atoms with E-state index in [9.17, 15) is 4.39 Å². The summed E-state index contributed by atoms with van der Waals surface area (Å²) in [6.45, 7) is 9.07. The van der Waals surface area contributed by atoms with E-state index in [-0.39, 0.29) is 5.41 Å². The van der Waals surface area contributed by atoms with Crippen LogP contribution in [0.15, 0.2) is 12.4 Å². The van der Waals surface area contributed by atoms with Crippen LogP contribution in [0.2, 0.25) is 0 Å². The Labute approximate surface area is 99.9 Å². The summed E-state index contributed by atoms with van der Waals surface area (Å²) in [4.78, 5) is 8.46. The third-order valence-electron chi connectivity index (χ3n) is 2.51. The average Bonchev–Trinajstić information content (AvgIpc) is 2.57. The Morgan fingerprint density at radius 3 is 2.35 bits per heavy atom. The Kier molecular flexibility index (Phi) is 2.45. The molecule has 17 heavy (non-hydrogen) atoms. The molecule has 0 aliphatic rings. The number of halogens is 1. The number of fused-ring (bicyclic) bond motifs is 1. The molecule has 0 radical (unpaired) electrons. The van der Waals surface area contributed by atoms with Crippen molar-refractivity contribution in [3.63, 3.8) is 0 Å². The van der Waals surface area contributed by atoms with E-state index in [0.29, 0.717) is 11.3 Å². The van der Waals surface area contributed by atoms with Gasteiger partial charge in [-0.25, -0.2) is 18.9 Å². The van der Waals surface area contributed by atoms with Crippen LogP contribution in [0.25, 0.3) is 5.65 Å². The standard InChI is InChI=1S/C12H17FN4/c1-11(2,3)10-15-9-6-8(12(4,5)13)14-7-17(9)16-10/h6-7H,1-5H3. The van der Waals surface area contributed by atoms with Crippen molar-refractivity contribution in [3.05, 3.63) is 23.9 Å². The molecule has 0 saturated carbocycles. The largest absolute Gasteiger partial charge is 0.238 e. The van der Waals surface area contributed by atoms with E-state index in [0.717, 1.165) is 5.82 Å². The summed E-state index contributed by atoms with van der Waals surface area (Å²) in [7, 11) is 0. The molecule has 0 aliphatic heterocycles. The molecule has 0 unspecified atom stereocenters. The maximum absolute atomic E-state index is 13.8. The Hall–Kier alpha value is -1.52. The van der Waals surface area contributed by atoms with Crippen molar-refractivity contribution in [3.8, 4) is 0 Å². The van der Waals surface area contributed by atoms with Crippen LogP contribution in [-0.2, 0) is 11.1 Å². The first-order valence-electron chi connectivity index (χ1n) is 5.60. The van der Waals surface area contributed by atoms with Gasteiger partial charge in [0.05, 0.1) is 5.69 Å². The number of rotatable bonds is 1. The van der Waals surface area contributed by atoms with Gasteiger partial charge in [-0.15, -0.1) is 5.10 Å². The number of hydrogen-bond acceptors (Lipinski definition) is 3. The van der Waals surface area contributed by atoms with Gasteiger partial charge >= 0.3 is 0 Å². The van der Waals surface area contributed by atoms with Crippen LogP contribution in [0.4, 0.5) is 4.39 Å². The number of hydrogen-bond donors (Lipinski definition) is 0. The minimum Gasteiger partial charge on any atom is -0.238 e. The van der Waals surface area contributed by atoms with Crippen LogP contribution in [0.1, 0.15) is 46.1 Å². The minimum atomic E-state index is -1.46. The summed E-state index contributed by atoms with van der Waals surface area (Å²) in [5.41, 5.74) is -0.587. The van der Waals surface area contributed by atoms with E-state index in [4.69, 9.17) is 0 Å². The second-order valence-electron chi connectivity index (χ2n) is 5.73. The van der Waals surface area contributed by atoms with E-state index in [1.165, 1.54) is 20.2 Å². The molecule has 0 N–H and O–H groups in total. The summed E-state index contributed by atoms with van der Waals surface area (Å²) in [6, 6.07) is 1.64. The van der Waals surface area contributed by atoms with Crippen molar-refractivity contribution >= 4 is 5.65 Å². The van der Waals surface area contributed by atoms with Gasteiger partial charge < -0.3 is 0 Å². The fraction of sp³-hybridized carbons (Fsp3) is 0.583. The SMILES string of the molecule is CC(C)(C)c1nc2cc(C(C)(C)F)ncn2n1. The lowest BCUT2D eigenvalue weighted by atomic mass is 9.96. The van der Waals surface area contributed by atoms with Gasteiger partial charge in [0, 0.05) is 11.5 Å². The van der Waals surface area contributed by atoms with Crippen LogP contribution in [-0.4, -0.2) is 19.6 Å². The normalized spacial score (nSPS) is 13.3. The maximum atomic E-state index is 13.8. The topological polar surface area (TPSA) is 43.1 Å². The Morgan fingerprint density at radius 1 is 1.18 bits per heavy atom. The van der Waals surface area contributed by atoms with Crippen LogP contribution in [0.5, 0.6) is 0 Å². The highest BCUT2D eigenvalue weighted by atomic mass is 19.1. The van der Waals surface area contributed by atoms with Gasteiger partial charge in [0.15, 0.2) is 11.5 Å². The van der Waals surface area contributed by atoms with E-state index in [1.54, 1.807) is 10.6 Å². The van der Waals surface area contributed by atoms with E-state index in [1.807, 2.05) is 20.8 Å². The van der Waals surface area contributed by atoms with Crippen molar-refractivity contribution in [1.82, 2.24) is 19.6 Å². The molecule has 2 heterocycles. The Bertz CT molecular complexity index is 534. The molecular formula is C12H17FN4. The molecule has 2 aromatic heterocycles. The highest BCUT2D eigenvalue weighted by Crippen LogP contribution is 2.24. The van der Waals surface area contributed by atoms with Crippen LogP contribution in [0, 0.1) is 0 Å². The van der Waals surface area contributed by atoms with Gasteiger partial charge in [0.1, 0.15) is 12.0 Å². The fourth-order valence-corrected chi connectivity index (χ4v) is 1.44. The molecule has 0 spiro atoms. The first-order valence-corrected chi connectivity index (χ1v) is 5.60. The van der Waals surface area contributed by atoms with Crippen molar-refractivity contribution in [2.75, 3.05) is 0 Å². The van der Waals surface area contributed by atoms with Crippen molar-refractivity contribution in [2.24, 2.45) is 0 Å². The summed E-state index contributed by atoms with van der Waals surface area (Å²) in [6.07, 6.45) is 1.51. The molecule has 0 saturated heterocycles. The molecule has 0 aromatic carbocycles. The third-order valence-corrected chi connectivity index (χ3v) is 2.51. The van der Waals surface area contributed by atoms with Crippen molar-refractivity contribution in [1.29, 1.82) is 0 Å². The van der Waals surface area contributed by atoms with Gasteiger partial charge in [-0.3, -0.25) is 0 Å². The summed E-state index contributed by atoms with van der Waals surface area (Å²) in [5.74, 6) is 0.730. The molecule has 0 bridgehead atoms. The van der Waals surface area contributed by atoms with Crippen molar-refractivity contribution in [2.45, 2.75) is 45.7 Å². The predicted molar refractivity (Wildman–Crippen MR) is 63.6 cm³/mol. The lowest BCUT2D eigenvalue weighted by molar-refractivity contribution is 0.214. The molecule has 92 valence electrons. The molecule has 0 atom stereocenters. The molecule has 2 aromatic rings. The molecule has 0 amide bonds. The Morgan fingerprint density at radius 2 is 1.82 bits per heavy atom. The monoisotopic (exact) mass is 236 g/mol. The van der Waals surface area contributed by atoms with E-state index >= 15 is 0 Å². The molecule has 0 fully saturated rings. The molecule has 4 nitrogen and oxygen atoms in total. The van der Waals surface area contributed by atoms with Gasteiger partial charge in [-0.05, 0) is 13.8 Å². The zero-order valence-corrected chi connectivity index (χ0v) is 10.8. The summed E-state index contributed by atoms with van der Waals surface area (Å²) in [5, 5.41) is 4.33. The average molecular weight is 236 g/mol. The number of nitrogens with zero attached hydrogens (tertiary/aromatic N) is 4. The van der Waals surface area contributed by atoms with E-state index < -0.39 is 5.67 Å². The predicted octanol–water partition coefficient (Wildman–Crippen LogP) is 2.63. The zero-order valence-electron chi connectivity index (χ0n) is 10.8. The molecular weight excluding hydrogens is 219 g/mol.